The smallest absolute Gasteiger partial charge is 0.108 e. The van der Waals surface area contributed by atoms with Crippen LogP contribution in [0.4, 0.5) is 0 Å². The zero-order valence-electron chi connectivity index (χ0n) is 9.54. The Kier molecular flexibility index (Phi) is 3.05. The molecule has 2 aromatic rings. The second-order valence-corrected chi connectivity index (χ2v) is 3.96. The molecule has 0 fully saturated rings. The maximum Gasteiger partial charge on any atom is 0.108 e. The van der Waals surface area contributed by atoms with Crippen LogP contribution in [0.15, 0.2) is 24.8 Å². The fourth-order valence-electron chi connectivity index (χ4n) is 1.68. The maximum absolute atomic E-state index is 9.93. The van der Waals surface area contributed by atoms with Gasteiger partial charge in [0.1, 0.15) is 5.82 Å². The van der Waals surface area contributed by atoms with Crippen LogP contribution in [0, 0.1) is 0 Å². The van der Waals surface area contributed by atoms with Crippen LogP contribution in [-0.2, 0) is 20.5 Å². The van der Waals surface area contributed by atoms with Gasteiger partial charge in [0.2, 0.25) is 0 Å². The lowest BCUT2D eigenvalue weighted by Crippen LogP contribution is -2.03. The normalized spacial score (nSPS) is 12.9. The molecular formula is C11H16N4O. The summed E-state index contributed by atoms with van der Waals surface area (Å²) < 4.78 is 3.66. The number of aryl methyl sites for hydroxylation is 3. The highest BCUT2D eigenvalue weighted by Crippen LogP contribution is 2.17. The van der Waals surface area contributed by atoms with Crippen LogP contribution in [0.2, 0.25) is 0 Å². The molecular weight excluding hydrogens is 204 g/mol. The standard InChI is InChI=1S/C11H16N4O/c1-14-6-5-12-11(14)4-3-10(16)9-7-13-15(2)8-9/h5-8,10,16H,3-4H2,1-2H3. The first kappa shape index (κ1) is 10.9. The van der Waals surface area contributed by atoms with Crippen LogP contribution in [0.1, 0.15) is 23.9 Å². The molecule has 86 valence electrons. The van der Waals surface area contributed by atoms with Crippen molar-refractivity contribution in [2.45, 2.75) is 18.9 Å². The Morgan fingerprint density at radius 2 is 2.25 bits per heavy atom. The second-order valence-electron chi connectivity index (χ2n) is 3.96. The number of aromatic nitrogens is 4. The highest BCUT2D eigenvalue weighted by Gasteiger charge is 2.10. The van der Waals surface area contributed by atoms with Crippen molar-refractivity contribution >= 4 is 0 Å². The second kappa shape index (κ2) is 4.49. The zero-order valence-corrected chi connectivity index (χ0v) is 9.54. The van der Waals surface area contributed by atoms with Crippen LogP contribution >= 0.6 is 0 Å². The van der Waals surface area contributed by atoms with E-state index in [0.29, 0.717) is 6.42 Å². The Balaban J connectivity index is 1.93. The first-order valence-corrected chi connectivity index (χ1v) is 5.29. The molecule has 0 bridgehead atoms. The van der Waals surface area contributed by atoms with Gasteiger partial charge in [-0.05, 0) is 6.42 Å². The molecule has 1 atom stereocenters. The number of nitrogens with zero attached hydrogens (tertiary/aromatic N) is 4. The first-order chi connectivity index (χ1) is 7.66. The van der Waals surface area contributed by atoms with Gasteiger partial charge < -0.3 is 9.67 Å². The number of hydrogen-bond donors (Lipinski definition) is 1. The van der Waals surface area contributed by atoms with Crippen molar-refractivity contribution in [1.82, 2.24) is 19.3 Å². The van der Waals surface area contributed by atoms with Crippen LogP contribution in [0.5, 0.6) is 0 Å². The van der Waals surface area contributed by atoms with E-state index in [1.54, 1.807) is 17.1 Å². The van der Waals surface area contributed by atoms with Gasteiger partial charge in [0.25, 0.3) is 0 Å². The van der Waals surface area contributed by atoms with Gasteiger partial charge in [-0.2, -0.15) is 5.10 Å². The van der Waals surface area contributed by atoms with Crippen molar-refractivity contribution in [1.29, 1.82) is 0 Å². The van der Waals surface area contributed by atoms with Crippen molar-refractivity contribution < 1.29 is 5.11 Å². The molecule has 0 aromatic carbocycles. The monoisotopic (exact) mass is 220 g/mol. The third-order valence-corrected chi connectivity index (χ3v) is 2.67. The van der Waals surface area contributed by atoms with Gasteiger partial charge in [0, 0.05) is 44.7 Å². The van der Waals surface area contributed by atoms with Crippen molar-refractivity contribution in [3.05, 3.63) is 36.2 Å². The molecule has 0 radical (unpaired) electrons. The van der Waals surface area contributed by atoms with Crippen LogP contribution in [0.25, 0.3) is 0 Å². The van der Waals surface area contributed by atoms with E-state index < -0.39 is 6.10 Å². The largest absolute Gasteiger partial charge is 0.388 e. The molecule has 2 aromatic heterocycles. The maximum atomic E-state index is 9.93. The molecule has 0 saturated heterocycles. The summed E-state index contributed by atoms with van der Waals surface area (Å²) in [6.45, 7) is 0. The molecule has 5 nitrogen and oxygen atoms in total. The third-order valence-electron chi connectivity index (χ3n) is 2.67. The number of hydrogen-bond acceptors (Lipinski definition) is 3. The van der Waals surface area contributed by atoms with Gasteiger partial charge in [-0.25, -0.2) is 4.98 Å². The van der Waals surface area contributed by atoms with Crippen molar-refractivity contribution in [3.63, 3.8) is 0 Å². The van der Waals surface area contributed by atoms with Crippen LogP contribution in [-0.4, -0.2) is 24.4 Å². The van der Waals surface area contributed by atoms with Gasteiger partial charge in [-0.1, -0.05) is 0 Å². The minimum atomic E-state index is -0.467. The van der Waals surface area contributed by atoms with E-state index in [4.69, 9.17) is 0 Å². The Labute approximate surface area is 94.4 Å². The first-order valence-electron chi connectivity index (χ1n) is 5.29. The average Bonchev–Trinajstić information content (AvgIpc) is 2.84. The molecule has 0 aliphatic rings. The van der Waals surface area contributed by atoms with E-state index in [0.717, 1.165) is 17.8 Å². The quantitative estimate of drug-likeness (QED) is 0.830. The topological polar surface area (TPSA) is 55.9 Å². The zero-order chi connectivity index (χ0) is 11.5. The van der Waals surface area contributed by atoms with Crippen molar-refractivity contribution in [2.24, 2.45) is 14.1 Å². The number of imidazole rings is 1. The van der Waals surface area contributed by atoms with Crippen LogP contribution in [0.3, 0.4) is 0 Å². The van der Waals surface area contributed by atoms with E-state index in [2.05, 4.69) is 10.1 Å². The van der Waals surface area contributed by atoms with Gasteiger partial charge in [-0.15, -0.1) is 0 Å². The Morgan fingerprint density at radius 3 is 2.81 bits per heavy atom. The van der Waals surface area contributed by atoms with E-state index in [-0.39, 0.29) is 0 Å². The Hall–Kier alpha value is -1.62. The minimum Gasteiger partial charge on any atom is -0.388 e. The van der Waals surface area contributed by atoms with Crippen molar-refractivity contribution in [3.8, 4) is 0 Å². The third kappa shape index (κ3) is 2.30. The molecule has 2 rings (SSSR count). The van der Waals surface area contributed by atoms with E-state index >= 15 is 0 Å². The molecule has 16 heavy (non-hydrogen) atoms. The fraction of sp³-hybridized carbons (Fsp3) is 0.455. The van der Waals surface area contributed by atoms with Gasteiger partial charge >= 0.3 is 0 Å². The highest BCUT2D eigenvalue weighted by atomic mass is 16.3. The average molecular weight is 220 g/mol. The molecule has 0 spiro atoms. The lowest BCUT2D eigenvalue weighted by Gasteiger charge is -2.07. The molecule has 0 saturated carbocycles. The van der Waals surface area contributed by atoms with Gasteiger partial charge in [0.15, 0.2) is 0 Å². The summed E-state index contributed by atoms with van der Waals surface area (Å²) in [6, 6.07) is 0. The van der Waals surface area contributed by atoms with Crippen LogP contribution < -0.4 is 0 Å². The summed E-state index contributed by atoms with van der Waals surface area (Å²) in [7, 11) is 3.80. The minimum absolute atomic E-state index is 0.467. The highest BCUT2D eigenvalue weighted by molar-refractivity contribution is 5.08. The number of aliphatic hydroxyl groups is 1. The summed E-state index contributed by atoms with van der Waals surface area (Å²) in [5, 5.41) is 14.0. The van der Waals surface area contributed by atoms with Gasteiger partial charge in [-0.3, -0.25) is 4.68 Å². The lowest BCUT2D eigenvalue weighted by atomic mass is 10.1. The van der Waals surface area contributed by atoms with Crippen molar-refractivity contribution in [2.75, 3.05) is 0 Å². The fourth-order valence-corrected chi connectivity index (χ4v) is 1.68. The Morgan fingerprint density at radius 1 is 1.44 bits per heavy atom. The summed E-state index contributed by atoms with van der Waals surface area (Å²) in [5.41, 5.74) is 0.858. The molecule has 0 aliphatic carbocycles. The Bertz CT molecular complexity index is 460. The lowest BCUT2D eigenvalue weighted by molar-refractivity contribution is 0.166. The molecule has 1 N–H and O–H groups in total. The summed E-state index contributed by atoms with van der Waals surface area (Å²) in [4.78, 5) is 4.22. The van der Waals surface area contributed by atoms with E-state index in [9.17, 15) is 5.11 Å². The summed E-state index contributed by atoms with van der Waals surface area (Å²) >= 11 is 0. The molecule has 0 aliphatic heterocycles. The summed E-state index contributed by atoms with van der Waals surface area (Å²) in [6.07, 6.45) is 8.17. The van der Waals surface area contributed by atoms with Gasteiger partial charge in [0.05, 0.1) is 12.3 Å². The SMILES string of the molecule is Cn1cc(C(O)CCc2nccn2C)cn1. The molecule has 2 heterocycles. The van der Waals surface area contributed by atoms with E-state index in [1.807, 2.05) is 31.1 Å². The molecule has 1 unspecified atom stereocenters. The molecule has 0 amide bonds. The predicted octanol–water partition coefficient (Wildman–Crippen LogP) is 0.820. The number of aliphatic hydroxyl groups excluding tert-OH is 1. The summed E-state index contributed by atoms with van der Waals surface area (Å²) in [5.74, 6) is 0.989. The number of rotatable bonds is 4. The predicted molar refractivity (Wildman–Crippen MR) is 59.7 cm³/mol. The van der Waals surface area contributed by atoms with E-state index in [1.165, 1.54) is 0 Å². The molecule has 5 heteroatoms.